The Morgan fingerprint density at radius 2 is 2.11 bits per heavy atom. The van der Waals surface area contributed by atoms with Crippen LogP contribution in [0.25, 0.3) is 0 Å². The molecule has 4 heteroatoms. The zero-order valence-corrected chi connectivity index (χ0v) is 12.7. The third kappa shape index (κ3) is 3.88. The lowest BCUT2D eigenvalue weighted by molar-refractivity contribution is -0.136. The van der Waals surface area contributed by atoms with Gasteiger partial charge in [-0.2, -0.15) is 0 Å². The van der Waals surface area contributed by atoms with Gasteiger partial charge in [-0.05, 0) is 53.9 Å². The third-order valence-corrected chi connectivity index (χ3v) is 3.25. The van der Waals surface area contributed by atoms with Crippen LogP contribution in [0.3, 0.4) is 0 Å². The van der Waals surface area contributed by atoms with Crippen LogP contribution in [-0.2, 0) is 9.53 Å². The predicted octanol–water partition coefficient (Wildman–Crippen LogP) is 3.60. The molecule has 0 fully saturated rings. The van der Waals surface area contributed by atoms with Crippen molar-refractivity contribution >= 4 is 27.6 Å². The van der Waals surface area contributed by atoms with Gasteiger partial charge >= 0.3 is 5.97 Å². The molecule has 0 unspecified atom stereocenters. The zero-order valence-electron chi connectivity index (χ0n) is 11.1. The lowest BCUT2D eigenvalue weighted by atomic mass is 10.1. The van der Waals surface area contributed by atoms with Gasteiger partial charge in [-0.3, -0.25) is 0 Å². The molecule has 0 aliphatic carbocycles. The number of carbonyl (C=O) groups is 1. The second-order valence-corrected chi connectivity index (χ2v) is 5.05. The molecule has 0 radical (unpaired) electrons. The number of benzene rings is 1. The van der Waals surface area contributed by atoms with Crippen LogP contribution >= 0.6 is 15.9 Å². The van der Waals surface area contributed by atoms with Crippen molar-refractivity contribution in [1.82, 2.24) is 0 Å². The van der Waals surface area contributed by atoms with Gasteiger partial charge in [-0.1, -0.05) is 12.1 Å². The number of carbonyl (C=O) groups excluding carboxylic acids is 1. The first-order valence-corrected chi connectivity index (χ1v) is 6.50. The maximum absolute atomic E-state index is 11.2. The number of nitrogens with one attached hydrogen (secondary N) is 1. The highest BCUT2D eigenvalue weighted by Gasteiger charge is 2.05. The van der Waals surface area contributed by atoms with E-state index in [0.717, 1.165) is 10.2 Å². The van der Waals surface area contributed by atoms with Gasteiger partial charge in [0.25, 0.3) is 0 Å². The average Bonchev–Trinajstić information content (AvgIpc) is 2.31. The molecular formula is C14H18BrNO2. The number of hydrogen-bond donors (Lipinski definition) is 1. The molecule has 1 aromatic carbocycles. The van der Waals surface area contributed by atoms with E-state index in [9.17, 15) is 4.79 Å². The van der Waals surface area contributed by atoms with Crippen molar-refractivity contribution in [2.24, 2.45) is 0 Å². The number of anilines is 1. The second-order valence-electron chi connectivity index (χ2n) is 4.20. The van der Waals surface area contributed by atoms with Crippen LogP contribution in [0.15, 0.2) is 28.3 Å². The summed E-state index contributed by atoms with van der Waals surface area (Å²) in [7, 11) is 1.38. The maximum atomic E-state index is 11.2. The molecule has 0 aromatic heterocycles. The average molecular weight is 312 g/mol. The van der Waals surface area contributed by atoms with Gasteiger partial charge in [0.1, 0.15) is 0 Å². The molecule has 0 atom stereocenters. The second kappa shape index (κ2) is 6.59. The lowest BCUT2D eigenvalue weighted by Crippen LogP contribution is -2.06. The molecule has 0 aliphatic heterocycles. The van der Waals surface area contributed by atoms with Crippen LogP contribution in [0.5, 0.6) is 0 Å². The third-order valence-electron chi connectivity index (χ3n) is 2.63. The lowest BCUT2D eigenvalue weighted by Gasteiger charge is -2.11. The first-order valence-electron chi connectivity index (χ1n) is 5.71. The molecule has 0 spiro atoms. The number of esters is 1. The Morgan fingerprint density at radius 3 is 2.67 bits per heavy atom. The molecular weight excluding hydrogens is 294 g/mol. The van der Waals surface area contributed by atoms with Gasteiger partial charge in [0.2, 0.25) is 0 Å². The topological polar surface area (TPSA) is 38.3 Å². The Kier molecular flexibility index (Phi) is 5.41. The number of methoxy groups -OCH3 is 1. The SMILES string of the molecule is COC(=O)C(C)=CCNc1c(C)cc(C)cc1Br. The van der Waals surface area contributed by atoms with Gasteiger partial charge in [-0.25, -0.2) is 4.79 Å². The summed E-state index contributed by atoms with van der Waals surface area (Å²) >= 11 is 3.53. The minimum atomic E-state index is -0.295. The molecule has 98 valence electrons. The molecule has 1 aromatic rings. The molecule has 1 N–H and O–H groups in total. The molecule has 18 heavy (non-hydrogen) atoms. The van der Waals surface area contributed by atoms with E-state index in [0.29, 0.717) is 12.1 Å². The van der Waals surface area contributed by atoms with Crippen molar-refractivity contribution in [3.8, 4) is 0 Å². The normalized spacial score (nSPS) is 11.3. The molecule has 3 nitrogen and oxygen atoms in total. The monoisotopic (exact) mass is 311 g/mol. The molecule has 0 bridgehead atoms. The number of ether oxygens (including phenoxy) is 1. The number of aryl methyl sites for hydroxylation is 2. The Labute approximate surface area is 116 Å². The van der Waals surface area contributed by atoms with E-state index >= 15 is 0 Å². The van der Waals surface area contributed by atoms with Crippen molar-refractivity contribution in [3.63, 3.8) is 0 Å². The van der Waals surface area contributed by atoms with Crippen LogP contribution in [0.4, 0.5) is 5.69 Å². The van der Waals surface area contributed by atoms with Gasteiger partial charge in [0.05, 0.1) is 12.8 Å². The van der Waals surface area contributed by atoms with Gasteiger partial charge in [-0.15, -0.1) is 0 Å². The van der Waals surface area contributed by atoms with Crippen LogP contribution in [-0.4, -0.2) is 19.6 Å². The molecule has 0 aliphatic rings. The fourth-order valence-corrected chi connectivity index (χ4v) is 2.50. The minimum Gasteiger partial charge on any atom is -0.466 e. The van der Waals surface area contributed by atoms with Crippen molar-refractivity contribution in [2.45, 2.75) is 20.8 Å². The highest BCUT2D eigenvalue weighted by molar-refractivity contribution is 9.10. The highest BCUT2D eigenvalue weighted by Crippen LogP contribution is 2.27. The Balaban J connectivity index is 2.73. The molecule has 1 rings (SSSR count). The first-order chi connectivity index (χ1) is 8.45. The summed E-state index contributed by atoms with van der Waals surface area (Å²) < 4.78 is 5.67. The zero-order chi connectivity index (χ0) is 13.7. The van der Waals surface area contributed by atoms with E-state index in [2.05, 4.69) is 52.0 Å². The summed E-state index contributed by atoms with van der Waals surface area (Å²) in [6.07, 6.45) is 1.82. The smallest absolute Gasteiger partial charge is 0.333 e. The van der Waals surface area contributed by atoms with Gasteiger partial charge < -0.3 is 10.1 Å². The largest absolute Gasteiger partial charge is 0.466 e. The summed E-state index contributed by atoms with van der Waals surface area (Å²) in [5, 5.41) is 3.29. The molecule has 0 amide bonds. The summed E-state index contributed by atoms with van der Waals surface area (Å²) in [5.41, 5.74) is 4.04. The van der Waals surface area contributed by atoms with E-state index in [1.54, 1.807) is 6.92 Å². The van der Waals surface area contributed by atoms with E-state index in [1.165, 1.54) is 18.2 Å². The molecule has 0 saturated heterocycles. The minimum absolute atomic E-state index is 0.295. The van der Waals surface area contributed by atoms with Crippen LogP contribution in [0.2, 0.25) is 0 Å². The fourth-order valence-electron chi connectivity index (χ4n) is 1.69. The number of halogens is 1. The summed E-state index contributed by atoms with van der Waals surface area (Å²) in [5.74, 6) is -0.295. The van der Waals surface area contributed by atoms with E-state index in [4.69, 9.17) is 0 Å². The predicted molar refractivity (Wildman–Crippen MR) is 77.9 cm³/mol. The summed E-state index contributed by atoms with van der Waals surface area (Å²) in [4.78, 5) is 11.2. The van der Waals surface area contributed by atoms with Crippen LogP contribution in [0, 0.1) is 13.8 Å². The van der Waals surface area contributed by atoms with Crippen LogP contribution in [0.1, 0.15) is 18.1 Å². The fraction of sp³-hybridized carbons (Fsp3) is 0.357. The highest BCUT2D eigenvalue weighted by atomic mass is 79.9. The van der Waals surface area contributed by atoms with Crippen molar-refractivity contribution in [1.29, 1.82) is 0 Å². The Morgan fingerprint density at radius 1 is 1.44 bits per heavy atom. The quantitative estimate of drug-likeness (QED) is 0.682. The first kappa shape index (κ1) is 14.8. The van der Waals surface area contributed by atoms with Crippen molar-refractivity contribution in [2.75, 3.05) is 19.0 Å². The Hall–Kier alpha value is -1.29. The standard InChI is InChI=1S/C14H18BrNO2/c1-9-7-11(3)13(12(15)8-9)16-6-5-10(2)14(17)18-4/h5,7-8,16H,6H2,1-4H3. The van der Waals surface area contributed by atoms with E-state index < -0.39 is 0 Å². The molecule has 0 heterocycles. The van der Waals surface area contributed by atoms with Crippen LogP contribution < -0.4 is 5.32 Å². The number of rotatable bonds is 4. The Bertz CT molecular complexity index is 458. The maximum Gasteiger partial charge on any atom is 0.333 e. The van der Waals surface area contributed by atoms with Gasteiger partial charge in [0, 0.05) is 16.6 Å². The van der Waals surface area contributed by atoms with Gasteiger partial charge in [0.15, 0.2) is 0 Å². The summed E-state index contributed by atoms with van der Waals surface area (Å²) in [6, 6.07) is 4.18. The van der Waals surface area contributed by atoms with Crippen molar-refractivity contribution < 1.29 is 9.53 Å². The number of hydrogen-bond acceptors (Lipinski definition) is 3. The van der Waals surface area contributed by atoms with Crippen molar-refractivity contribution in [3.05, 3.63) is 39.4 Å². The van der Waals surface area contributed by atoms with E-state index in [1.807, 2.05) is 6.08 Å². The molecule has 0 saturated carbocycles. The van der Waals surface area contributed by atoms with E-state index in [-0.39, 0.29) is 5.97 Å². The summed E-state index contributed by atoms with van der Waals surface area (Å²) in [6.45, 7) is 6.44.